The van der Waals surface area contributed by atoms with Crippen molar-refractivity contribution < 1.29 is 0 Å². The minimum atomic E-state index is 0. The van der Waals surface area contributed by atoms with Crippen molar-refractivity contribution in [2.75, 3.05) is 13.6 Å². The van der Waals surface area contributed by atoms with Crippen LogP contribution in [0.4, 0.5) is 0 Å². The van der Waals surface area contributed by atoms with E-state index in [1.165, 1.54) is 12.8 Å². The number of rotatable bonds is 6. The molecular weight excluding hydrogens is 353 g/mol. The van der Waals surface area contributed by atoms with Gasteiger partial charge in [0.1, 0.15) is 0 Å². The number of aliphatic imine (C=N–C) groups is 1. The largest absolute Gasteiger partial charge is 0.356 e. The Morgan fingerprint density at radius 2 is 2.05 bits per heavy atom. The summed E-state index contributed by atoms with van der Waals surface area (Å²) >= 11 is 0. The Bertz CT molecular complexity index is 371. The van der Waals surface area contributed by atoms with Crippen molar-refractivity contribution in [3.63, 3.8) is 0 Å². The van der Waals surface area contributed by atoms with Crippen LogP contribution in [0.3, 0.4) is 0 Å². The van der Waals surface area contributed by atoms with Crippen LogP contribution < -0.4 is 10.6 Å². The minimum Gasteiger partial charge on any atom is -0.356 e. The van der Waals surface area contributed by atoms with Gasteiger partial charge in [0.05, 0.1) is 6.20 Å². The molecule has 19 heavy (non-hydrogen) atoms. The molecule has 0 aliphatic heterocycles. The Labute approximate surface area is 133 Å². The fraction of sp³-hybridized carbons (Fsp3) is 0.692. The van der Waals surface area contributed by atoms with Gasteiger partial charge in [-0.05, 0) is 5.92 Å². The number of nitrogens with one attached hydrogen (secondary N) is 2. The van der Waals surface area contributed by atoms with E-state index in [0.717, 1.165) is 24.6 Å². The van der Waals surface area contributed by atoms with Crippen LogP contribution in [0.25, 0.3) is 0 Å². The normalized spacial score (nSPS) is 11.3. The molecule has 0 atom stereocenters. The average Bonchev–Trinajstić information content (AvgIpc) is 2.80. The number of nitrogens with zero attached hydrogens (tertiary/aromatic N) is 3. The highest BCUT2D eigenvalue weighted by Crippen LogP contribution is 2.04. The van der Waals surface area contributed by atoms with Crippen LogP contribution in [0.5, 0.6) is 0 Å². The first-order valence-corrected chi connectivity index (χ1v) is 6.61. The third kappa shape index (κ3) is 6.79. The van der Waals surface area contributed by atoms with E-state index in [4.69, 9.17) is 0 Å². The first kappa shape index (κ1) is 18.2. The summed E-state index contributed by atoms with van der Waals surface area (Å²) in [4.78, 5) is 4.22. The van der Waals surface area contributed by atoms with Crippen molar-refractivity contribution in [3.05, 3.63) is 18.0 Å². The van der Waals surface area contributed by atoms with Gasteiger partial charge < -0.3 is 10.6 Å². The third-order valence-electron chi connectivity index (χ3n) is 3.15. The molecule has 0 unspecified atom stereocenters. The maximum absolute atomic E-state index is 4.22. The van der Waals surface area contributed by atoms with Crippen molar-refractivity contribution in [1.29, 1.82) is 0 Å². The van der Waals surface area contributed by atoms with E-state index < -0.39 is 0 Å². The second-order valence-corrected chi connectivity index (χ2v) is 4.51. The van der Waals surface area contributed by atoms with Crippen LogP contribution in [0.1, 0.15) is 32.3 Å². The lowest BCUT2D eigenvalue weighted by Crippen LogP contribution is -2.39. The van der Waals surface area contributed by atoms with E-state index >= 15 is 0 Å². The molecule has 6 heteroatoms. The molecule has 110 valence electrons. The molecule has 0 aromatic carbocycles. The number of halogens is 1. The summed E-state index contributed by atoms with van der Waals surface area (Å²) in [5, 5.41) is 10.8. The molecule has 0 radical (unpaired) electrons. The second-order valence-electron chi connectivity index (χ2n) is 4.51. The quantitative estimate of drug-likeness (QED) is 0.453. The van der Waals surface area contributed by atoms with Crippen LogP contribution in [0.2, 0.25) is 0 Å². The molecule has 0 saturated carbocycles. The summed E-state index contributed by atoms with van der Waals surface area (Å²) in [5.74, 6) is 1.56. The molecule has 0 aliphatic rings. The molecule has 1 rings (SSSR count). The highest BCUT2D eigenvalue weighted by atomic mass is 127. The molecule has 2 N–H and O–H groups in total. The van der Waals surface area contributed by atoms with Gasteiger partial charge in [-0.1, -0.05) is 26.7 Å². The fourth-order valence-electron chi connectivity index (χ4n) is 1.79. The molecule has 1 aromatic heterocycles. The molecular formula is C13H26IN5. The maximum atomic E-state index is 4.22. The van der Waals surface area contributed by atoms with E-state index in [-0.39, 0.29) is 24.0 Å². The van der Waals surface area contributed by atoms with E-state index in [0.29, 0.717) is 5.92 Å². The number of aryl methyl sites for hydroxylation is 1. The summed E-state index contributed by atoms with van der Waals surface area (Å²) < 4.78 is 1.80. The highest BCUT2D eigenvalue weighted by molar-refractivity contribution is 14.0. The van der Waals surface area contributed by atoms with Crippen LogP contribution >= 0.6 is 24.0 Å². The van der Waals surface area contributed by atoms with Crippen molar-refractivity contribution >= 4 is 29.9 Å². The summed E-state index contributed by atoms with van der Waals surface area (Å²) in [5.41, 5.74) is 1.16. The molecule has 0 aliphatic carbocycles. The summed E-state index contributed by atoms with van der Waals surface area (Å²) in [6, 6.07) is 0. The van der Waals surface area contributed by atoms with E-state index in [1.54, 1.807) is 11.7 Å². The van der Waals surface area contributed by atoms with Crippen molar-refractivity contribution in [2.24, 2.45) is 18.0 Å². The molecule has 1 aromatic rings. The molecule has 0 saturated heterocycles. The van der Waals surface area contributed by atoms with Gasteiger partial charge in [0, 0.05) is 38.9 Å². The van der Waals surface area contributed by atoms with E-state index in [1.807, 2.05) is 19.4 Å². The monoisotopic (exact) mass is 379 g/mol. The average molecular weight is 379 g/mol. The second kappa shape index (κ2) is 10.1. The summed E-state index contributed by atoms with van der Waals surface area (Å²) in [6.45, 7) is 6.17. The van der Waals surface area contributed by atoms with Crippen molar-refractivity contribution in [1.82, 2.24) is 20.4 Å². The Balaban J connectivity index is 0.00000324. The van der Waals surface area contributed by atoms with Crippen LogP contribution in [0.15, 0.2) is 17.4 Å². The molecule has 1 heterocycles. The predicted octanol–water partition coefficient (Wildman–Crippen LogP) is 2.14. The topological polar surface area (TPSA) is 54.2 Å². The van der Waals surface area contributed by atoms with Gasteiger partial charge in [-0.2, -0.15) is 5.10 Å². The predicted molar refractivity (Wildman–Crippen MR) is 90.9 cm³/mol. The van der Waals surface area contributed by atoms with Gasteiger partial charge >= 0.3 is 0 Å². The lowest BCUT2D eigenvalue weighted by atomic mass is 10.0. The summed E-state index contributed by atoms with van der Waals surface area (Å²) in [7, 11) is 3.72. The molecule has 0 spiro atoms. The van der Waals surface area contributed by atoms with Crippen LogP contribution in [-0.2, 0) is 13.6 Å². The SMILES string of the molecule is CCC(CC)CNC(=NC)NCc1cnn(C)c1.I. The fourth-order valence-corrected chi connectivity index (χ4v) is 1.79. The van der Waals surface area contributed by atoms with Crippen molar-refractivity contribution in [3.8, 4) is 0 Å². The number of hydrogen-bond donors (Lipinski definition) is 2. The first-order chi connectivity index (χ1) is 8.69. The maximum Gasteiger partial charge on any atom is 0.191 e. The molecule has 0 fully saturated rings. The lowest BCUT2D eigenvalue weighted by Gasteiger charge is -2.16. The van der Waals surface area contributed by atoms with Crippen LogP contribution in [0, 0.1) is 5.92 Å². The smallest absolute Gasteiger partial charge is 0.191 e. The van der Waals surface area contributed by atoms with E-state index in [2.05, 4.69) is 34.6 Å². The number of guanidine groups is 1. The zero-order valence-electron chi connectivity index (χ0n) is 12.3. The zero-order valence-corrected chi connectivity index (χ0v) is 14.6. The van der Waals surface area contributed by atoms with Gasteiger partial charge in [0.2, 0.25) is 0 Å². The van der Waals surface area contributed by atoms with E-state index in [9.17, 15) is 0 Å². The lowest BCUT2D eigenvalue weighted by molar-refractivity contribution is 0.481. The van der Waals surface area contributed by atoms with Gasteiger partial charge in [-0.25, -0.2) is 0 Å². The van der Waals surface area contributed by atoms with Gasteiger partial charge in [0.25, 0.3) is 0 Å². The Hall–Kier alpha value is -0.790. The first-order valence-electron chi connectivity index (χ1n) is 6.61. The molecule has 0 amide bonds. The Morgan fingerprint density at radius 1 is 1.37 bits per heavy atom. The Kier molecular flexibility index (Phi) is 9.63. The van der Waals surface area contributed by atoms with Gasteiger partial charge in [-0.3, -0.25) is 9.67 Å². The zero-order chi connectivity index (χ0) is 13.4. The third-order valence-corrected chi connectivity index (χ3v) is 3.15. The van der Waals surface area contributed by atoms with Gasteiger partial charge in [-0.15, -0.1) is 24.0 Å². The Morgan fingerprint density at radius 3 is 2.53 bits per heavy atom. The van der Waals surface area contributed by atoms with Gasteiger partial charge in [0.15, 0.2) is 5.96 Å². The number of hydrogen-bond acceptors (Lipinski definition) is 2. The van der Waals surface area contributed by atoms with Crippen LogP contribution in [-0.4, -0.2) is 29.3 Å². The standard InChI is InChI=1S/C13H25N5.HI/c1-5-11(6-2)7-15-13(14-3)16-8-12-9-17-18(4)10-12;/h9-11H,5-8H2,1-4H3,(H2,14,15,16);1H. The molecule has 5 nitrogen and oxygen atoms in total. The van der Waals surface area contributed by atoms with Crippen molar-refractivity contribution in [2.45, 2.75) is 33.2 Å². The molecule has 0 bridgehead atoms. The summed E-state index contributed by atoms with van der Waals surface area (Å²) in [6.07, 6.45) is 6.26. The minimum absolute atomic E-state index is 0. The highest BCUT2D eigenvalue weighted by Gasteiger charge is 2.05. The number of aromatic nitrogens is 2.